The van der Waals surface area contributed by atoms with Crippen LogP contribution >= 0.6 is 0 Å². The zero-order valence-corrected chi connectivity index (χ0v) is 13.4. The fourth-order valence-electron chi connectivity index (χ4n) is 1.55. The van der Waals surface area contributed by atoms with Gasteiger partial charge in [-0.1, -0.05) is 0 Å². The summed E-state index contributed by atoms with van der Waals surface area (Å²) < 4.78 is 0. The molecule has 0 heterocycles. The first-order valence-electron chi connectivity index (χ1n) is 7.08. The second-order valence-corrected chi connectivity index (χ2v) is 6.24. The molecule has 0 aliphatic heterocycles. The van der Waals surface area contributed by atoms with Gasteiger partial charge in [-0.15, -0.1) is 0 Å². The van der Waals surface area contributed by atoms with Crippen LogP contribution in [-0.2, 0) is 4.79 Å². The van der Waals surface area contributed by atoms with E-state index in [1.807, 2.05) is 34.6 Å². The molecule has 0 saturated carbocycles. The van der Waals surface area contributed by atoms with Crippen molar-refractivity contribution in [2.45, 2.75) is 40.2 Å². The molecule has 0 aliphatic rings. The molecule has 5 nitrogen and oxygen atoms in total. The van der Waals surface area contributed by atoms with Crippen molar-refractivity contribution in [3.63, 3.8) is 0 Å². The van der Waals surface area contributed by atoms with E-state index < -0.39 is 11.0 Å². The summed E-state index contributed by atoms with van der Waals surface area (Å²) in [7, 11) is 0. The van der Waals surface area contributed by atoms with Crippen molar-refractivity contribution in [2.75, 3.05) is 11.9 Å². The Labute approximate surface area is 126 Å². The lowest BCUT2D eigenvalue weighted by atomic mass is 9.74. The lowest BCUT2D eigenvalue weighted by Crippen LogP contribution is -2.53. The largest absolute Gasteiger partial charge is 0.352 e. The first kappa shape index (κ1) is 17.2. The number of hydrogen-bond acceptors (Lipinski definition) is 3. The highest BCUT2D eigenvalue weighted by molar-refractivity contribution is 5.97. The highest BCUT2D eigenvalue weighted by Gasteiger charge is 2.40. The number of amides is 2. The first-order valence-corrected chi connectivity index (χ1v) is 7.08. The van der Waals surface area contributed by atoms with Crippen LogP contribution < -0.4 is 16.4 Å². The van der Waals surface area contributed by atoms with Crippen LogP contribution in [0.25, 0.3) is 0 Å². The van der Waals surface area contributed by atoms with E-state index >= 15 is 0 Å². The molecule has 0 bridgehead atoms. The Morgan fingerprint density at radius 1 is 1.10 bits per heavy atom. The maximum atomic E-state index is 12.3. The molecular weight excluding hydrogens is 266 g/mol. The van der Waals surface area contributed by atoms with Gasteiger partial charge in [-0.05, 0) is 58.9 Å². The molecule has 4 N–H and O–H groups in total. The second kappa shape index (κ2) is 6.26. The Morgan fingerprint density at radius 2 is 1.62 bits per heavy atom. The number of carbonyl (C=O) groups excluding carboxylic acids is 2. The van der Waals surface area contributed by atoms with Crippen LogP contribution in [0.2, 0.25) is 0 Å². The fraction of sp³-hybridized carbons (Fsp3) is 0.500. The number of anilines is 1. The third kappa shape index (κ3) is 4.04. The molecule has 0 aromatic heterocycles. The SMILES string of the molecule is CCNC(=O)c1ccc(NC(=O)C(C)(C)C(C)(C)N)cc1. The van der Waals surface area contributed by atoms with E-state index in [2.05, 4.69) is 10.6 Å². The van der Waals surface area contributed by atoms with Gasteiger partial charge >= 0.3 is 0 Å². The van der Waals surface area contributed by atoms with E-state index in [1.165, 1.54) is 0 Å². The molecule has 0 radical (unpaired) electrons. The maximum absolute atomic E-state index is 12.3. The fourth-order valence-corrected chi connectivity index (χ4v) is 1.55. The first-order chi connectivity index (χ1) is 9.59. The Bertz CT molecular complexity index is 513. The minimum Gasteiger partial charge on any atom is -0.352 e. The van der Waals surface area contributed by atoms with Crippen LogP contribution in [0.5, 0.6) is 0 Å². The zero-order valence-electron chi connectivity index (χ0n) is 13.4. The Balaban J connectivity index is 2.81. The Kier molecular flexibility index (Phi) is 5.12. The minimum absolute atomic E-state index is 0.126. The normalized spacial score (nSPS) is 11.9. The predicted molar refractivity (Wildman–Crippen MR) is 85.1 cm³/mol. The lowest BCUT2D eigenvalue weighted by Gasteiger charge is -2.36. The summed E-state index contributed by atoms with van der Waals surface area (Å²) in [6, 6.07) is 6.78. The van der Waals surface area contributed by atoms with Crippen LogP contribution in [0.15, 0.2) is 24.3 Å². The minimum atomic E-state index is -0.717. The van der Waals surface area contributed by atoms with Crippen molar-refractivity contribution in [1.29, 1.82) is 0 Å². The van der Waals surface area contributed by atoms with Gasteiger partial charge in [-0.25, -0.2) is 0 Å². The molecule has 0 atom stereocenters. The van der Waals surface area contributed by atoms with E-state index in [9.17, 15) is 9.59 Å². The van der Waals surface area contributed by atoms with Crippen molar-refractivity contribution < 1.29 is 9.59 Å². The number of nitrogens with two attached hydrogens (primary N) is 1. The number of hydrogen-bond donors (Lipinski definition) is 3. The molecule has 2 amide bonds. The average molecular weight is 291 g/mol. The van der Waals surface area contributed by atoms with Crippen LogP contribution in [0.4, 0.5) is 5.69 Å². The van der Waals surface area contributed by atoms with E-state index in [-0.39, 0.29) is 11.8 Å². The average Bonchev–Trinajstić information content (AvgIpc) is 2.38. The van der Waals surface area contributed by atoms with Gasteiger partial charge in [-0.2, -0.15) is 0 Å². The highest BCUT2D eigenvalue weighted by atomic mass is 16.2. The van der Waals surface area contributed by atoms with Gasteiger partial charge < -0.3 is 16.4 Å². The smallest absolute Gasteiger partial charge is 0.251 e. The summed E-state index contributed by atoms with van der Waals surface area (Å²) in [4.78, 5) is 24.0. The van der Waals surface area contributed by atoms with E-state index in [0.717, 1.165) is 0 Å². The number of nitrogens with one attached hydrogen (secondary N) is 2. The van der Waals surface area contributed by atoms with Gasteiger partial charge in [0.25, 0.3) is 5.91 Å². The molecule has 21 heavy (non-hydrogen) atoms. The van der Waals surface area contributed by atoms with Crippen LogP contribution in [0.1, 0.15) is 45.0 Å². The van der Waals surface area contributed by atoms with Crippen LogP contribution in [0.3, 0.4) is 0 Å². The molecule has 0 aliphatic carbocycles. The molecule has 0 fully saturated rings. The van der Waals surface area contributed by atoms with E-state index in [0.29, 0.717) is 17.8 Å². The van der Waals surface area contributed by atoms with Gasteiger partial charge in [0.15, 0.2) is 0 Å². The Morgan fingerprint density at radius 3 is 2.05 bits per heavy atom. The maximum Gasteiger partial charge on any atom is 0.251 e. The van der Waals surface area contributed by atoms with E-state index in [4.69, 9.17) is 5.73 Å². The predicted octanol–water partition coefficient (Wildman–Crippen LogP) is 2.14. The van der Waals surface area contributed by atoms with Crippen molar-refractivity contribution in [1.82, 2.24) is 5.32 Å². The highest BCUT2D eigenvalue weighted by Crippen LogP contribution is 2.29. The monoisotopic (exact) mass is 291 g/mol. The number of carbonyl (C=O) groups is 2. The molecule has 1 aromatic carbocycles. The van der Waals surface area contributed by atoms with Gasteiger partial charge in [0, 0.05) is 23.3 Å². The molecule has 0 saturated heterocycles. The summed E-state index contributed by atoms with van der Waals surface area (Å²) in [5, 5.41) is 5.56. The number of benzene rings is 1. The van der Waals surface area contributed by atoms with Gasteiger partial charge in [0.1, 0.15) is 0 Å². The van der Waals surface area contributed by atoms with Gasteiger partial charge in [-0.3, -0.25) is 9.59 Å². The van der Waals surface area contributed by atoms with Crippen molar-refractivity contribution >= 4 is 17.5 Å². The quantitative estimate of drug-likeness (QED) is 0.777. The molecular formula is C16H25N3O2. The third-order valence-corrected chi connectivity index (χ3v) is 3.92. The molecule has 5 heteroatoms. The van der Waals surface area contributed by atoms with Gasteiger partial charge in [0.05, 0.1) is 5.41 Å². The number of rotatable bonds is 5. The van der Waals surface area contributed by atoms with Crippen LogP contribution in [-0.4, -0.2) is 23.9 Å². The molecule has 1 rings (SSSR count). The van der Waals surface area contributed by atoms with Crippen molar-refractivity contribution in [3.8, 4) is 0 Å². The van der Waals surface area contributed by atoms with Crippen LogP contribution in [0, 0.1) is 5.41 Å². The second-order valence-electron chi connectivity index (χ2n) is 6.24. The summed E-state index contributed by atoms with van der Waals surface area (Å²) in [6.07, 6.45) is 0. The summed E-state index contributed by atoms with van der Waals surface area (Å²) in [6.45, 7) is 9.71. The Hall–Kier alpha value is -1.88. The van der Waals surface area contributed by atoms with Gasteiger partial charge in [0.2, 0.25) is 5.91 Å². The molecule has 0 unspecified atom stereocenters. The zero-order chi connectivity index (χ0) is 16.3. The third-order valence-electron chi connectivity index (χ3n) is 3.92. The molecule has 0 spiro atoms. The topological polar surface area (TPSA) is 84.2 Å². The van der Waals surface area contributed by atoms with E-state index in [1.54, 1.807) is 24.3 Å². The van der Waals surface area contributed by atoms with Crippen molar-refractivity contribution in [3.05, 3.63) is 29.8 Å². The summed E-state index contributed by atoms with van der Waals surface area (Å²) in [5.74, 6) is -0.278. The molecule has 1 aromatic rings. The molecule has 116 valence electrons. The van der Waals surface area contributed by atoms with Crippen molar-refractivity contribution in [2.24, 2.45) is 11.1 Å². The lowest BCUT2D eigenvalue weighted by molar-refractivity contribution is -0.126. The summed E-state index contributed by atoms with van der Waals surface area (Å²) in [5.41, 5.74) is 5.90. The summed E-state index contributed by atoms with van der Waals surface area (Å²) >= 11 is 0. The standard InChI is InChI=1S/C16H25N3O2/c1-6-18-13(20)11-7-9-12(10-8-11)19-14(21)15(2,3)16(4,5)17/h7-10H,6,17H2,1-5H3,(H,18,20)(H,19,21).